The van der Waals surface area contributed by atoms with Crippen LogP contribution in [0.4, 0.5) is 28.4 Å². The third kappa shape index (κ3) is 5.39. The topological polar surface area (TPSA) is 6.48 Å². The molecule has 0 fully saturated rings. The Kier molecular flexibility index (Phi) is 7.17. The Bertz CT molecular complexity index is 1940. The Morgan fingerprint density at radius 2 is 0.744 bits per heavy atom. The Hall–Kier alpha value is -5.60. The van der Waals surface area contributed by atoms with Gasteiger partial charge in [-0.15, -0.1) is 0 Å². The third-order valence-electron chi connectivity index (χ3n) is 8.10. The van der Waals surface area contributed by atoms with Crippen LogP contribution in [0.25, 0.3) is 33.0 Å². The van der Waals surface area contributed by atoms with Gasteiger partial charge in [0.2, 0.25) is 0 Å². The molecule has 2 nitrogen and oxygen atoms in total. The highest BCUT2D eigenvalue weighted by Gasteiger charge is 2.16. The Morgan fingerprint density at radius 3 is 1.33 bits per heavy atom. The summed E-state index contributed by atoms with van der Waals surface area (Å²) >= 11 is 0. The van der Waals surface area contributed by atoms with Gasteiger partial charge in [-0.05, 0) is 82.2 Å². The molecule has 206 valence electrons. The summed E-state index contributed by atoms with van der Waals surface area (Å²) in [6, 6.07) is 62.7. The van der Waals surface area contributed by atoms with Crippen LogP contribution >= 0.6 is 0 Å². The SMILES string of the molecule is CN(c1ccccc1)c1ccc(-c2ccc(N(c3ccc(-c4ccccc4)cc3)c3cccc4ccccc34)cc2)cc1. The van der Waals surface area contributed by atoms with E-state index in [1.54, 1.807) is 0 Å². The molecule has 0 unspecified atom stereocenters. The van der Waals surface area contributed by atoms with Gasteiger partial charge in [-0.1, -0.05) is 121 Å². The van der Waals surface area contributed by atoms with Crippen LogP contribution in [-0.4, -0.2) is 7.05 Å². The minimum atomic E-state index is 1.12. The molecule has 0 N–H and O–H groups in total. The molecule has 0 aliphatic rings. The number of benzene rings is 7. The fraction of sp³-hybridized carbons (Fsp3) is 0.0244. The molecule has 43 heavy (non-hydrogen) atoms. The van der Waals surface area contributed by atoms with Crippen LogP contribution < -0.4 is 9.80 Å². The normalized spacial score (nSPS) is 10.9. The van der Waals surface area contributed by atoms with Crippen LogP contribution in [0.3, 0.4) is 0 Å². The minimum Gasteiger partial charge on any atom is -0.345 e. The van der Waals surface area contributed by atoms with E-state index in [0.29, 0.717) is 0 Å². The summed E-state index contributed by atoms with van der Waals surface area (Å²) in [5.41, 5.74) is 10.5. The lowest BCUT2D eigenvalue weighted by molar-refractivity contribution is 1.21. The molecule has 0 spiro atoms. The van der Waals surface area contributed by atoms with Crippen LogP contribution in [0.2, 0.25) is 0 Å². The number of anilines is 5. The minimum absolute atomic E-state index is 1.12. The second kappa shape index (κ2) is 11.7. The van der Waals surface area contributed by atoms with E-state index in [-0.39, 0.29) is 0 Å². The molecule has 0 bridgehead atoms. The second-order valence-corrected chi connectivity index (χ2v) is 10.7. The maximum Gasteiger partial charge on any atom is 0.0540 e. The van der Waals surface area contributed by atoms with Crippen molar-refractivity contribution in [2.45, 2.75) is 0 Å². The number of rotatable bonds is 7. The van der Waals surface area contributed by atoms with Crippen LogP contribution in [0.5, 0.6) is 0 Å². The maximum absolute atomic E-state index is 2.36. The van der Waals surface area contributed by atoms with Gasteiger partial charge >= 0.3 is 0 Å². The van der Waals surface area contributed by atoms with Crippen molar-refractivity contribution < 1.29 is 0 Å². The summed E-state index contributed by atoms with van der Waals surface area (Å²) in [6.07, 6.45) is 0. The Balaban J connectivity index is 1.24. The van der Waals surface area contributed by atoms with Crippen LogP contribution in [0, 0.1) is 0 Å². The van der Waals surface area contributed by atoms with E-state index in [1.807, 2.05) is 6.07 Å². The van der Waals surface area contributed by atoms with E-state index < -0.39 is 0 Å². The monoisotopic (exact) mass is 552 g/mol. The first-order valence-corrected chi connectivity index (χ1v) is 14.7. The van der Waals surface area contributed by atoms with E-state index in [0.717, 1.165) is 22.7 Å². The zero-order valence-corrected chi connectivity index (χ0v) is 24.1. The molecule has 0 aromatic heterocycles. The van der Waals surface area contributed by atoms with Gasteiger partial charge in [0.25, 0.3) is 0 Å². The lowest BCUT2D eigenvalue weighted by Crippen LogP contribution is -2.10. The van der Waals surface area contributed by atoms with Crippen LogP contribution in [0.1, 0.15) is 0 Å². The van der Waals surface area contributed by atoms with Crippen molar-refractivity contribution >= 4 is 39.2 Å². The van der Waals surface area contributed by atoms with Gasteiger partial charge in [-0.3, -0.25) is 0 Å². The van der Waals surface area contributed by atoms with Crippen LogP contribution in [-0.2, 0) is 0 Å². The third-order valence-corrected chi connectivity index (χ3v) is 8.10. The molecule has 0 aliphatic heterocycles. The van der Waals surface area contributed by atoms with Gasteiger partial charge in [0.15, 0.2) is 0 Å². The van der Waals surface area contributed by atoms with Crippen molar-refractivity contribution in [1.82, 2.24) is 0 Å². The van der Waals surface area contributed by atoms with Gasteiger partial charge in [-0.2, -0.15) is 0 Å². The van der Waals surface area contributed by atoms with Crippen LogP contribution in [0.15, 0.2) is 176 Å². The highest BCUT2D eigenvalue weighted by atomic mass is 15.1. The van der Waals surface area contributed by atoms with E-state index in [2.05, 4.69) is 187 Å². The summed E-state index contributed by atoms with van der Waals surface area (Å²) in [4.78, 5) is 4.57. The van der Waals surface area contributed by atoms with E-state index in [1.165, 1.54) is 38.7 Å². The molecule has 0 amide bonds. The predicted molar refractivity (Wildman–Crippen MR) is 184 cm³/mol. The van der Waals surface area contributed by atoms with E-state index >= 15 is 0 Å². The van der Waals surface area contributed by atoms with Gasteiger partial charge in [0.05, 0.1) is 5.69 Å². The highest BCUT2D eigenvalue weighted by Crippen LogP contribution is 2.40. The number of hydrogen-bond acceptors (Lipinski definition) is 2. The van der Waals surface area contributed by atoms with Gasteiger partial charge in [0.1, 0.15) is 0 Å². The lowest BCUT2D eigenvalue weighted by Gasteiger charge is -2.27. The molecule has 0 atom stereocenters. The fourth-order valence-electron chi connectivity index (χ4n) is 5.75. The van der Waals surface area contributed by atoms with Gasteiger partial charge in [-0.25, -0.2) is 0 Å². The van der Waals surface area contributed by atoms with Crippen molar-refractivity contribution in [3.63, 3.8) is 0 Å². The summed E-state index contributed by atoms with van der Waals surface area (Å²) in [5.74, 6) is 0. The van der Waals surface area contributed by atoms with E-state index in [9.17, 15) is 0 Å². The number of para-hydroxylation sites is 1. The van der Waals surface area contributed by atoms with Crippen molar-refractivity contribution in [1.29, 1.82) is 0 Å². The zero-order valence-electron chi connectivity index (χ0n) is 24.1. The molecule has 7 aromatic carbocycles. The first kappa shape index (κ1) is 26.3. The highest BCUT2D eigenvalue weighted by molar-refractivity contribution is 5.99. The molecule has 0 radical (unpaired) electrons. The summed E-state index contributed by atoms with van der Waals surface area (Å²) in [5, 5.41) is 2.45. The molecule has 2 heteroatoms. The molecule has 7 aromatic rings. The molecule has 7 rings (SSSR count). The van der Waals surface area contributed by atoms with Crippen molar-refractivity contribution in [3.05, 3.63) is 176 Å². The van der Waals surface area contributed by atoms with Crippen molar-refractivity contribution in [2.75, 3.05) is 16.8 Å². The smallest absolute Gasteiger partial charge is 0.0540 e. The predicted octanol–water partition coefficient (Wildman–Crippen LogP) is 11.4. The molecule has 0 heterocycles. The number of nitrogens with zero attached hydrogens (tertiary/aromatic N) is 2. The summed E-state index contributed by atoms with van der Waals surface area (Å²) in [6.45, 7) is 0. The zero-order chi connectivity index (χ0) is 29.0. The fourth-order valence-corrected chi connectivity index (χ4v) is 5.75. The average Bonchev–Trinajstić information content (AvgIpc) is 3.10. The standard InChI is InChI=1S/C41H32N2/c1-42(36-15-6-3-7-16-36)37-25-19-33(20-26-37)34-23-29-39(30-24-34)43(41-18-10-14-35-13-8-9-17-40(35)41)38-27-21-32(22-28-38)31-11-4-2-5-12-31/h2-30H,1H3. The number of hydrogen-bond donors (Lipinski definition) is 0. The average molecular weight is 553 g/mol. The molecular formula is C41H32N2. The largest absolute Gasteiger partial charge is 0.345 e. The Morgan fingerprint density at radius 1 is 0.326 bits per heavy atom. The molecular weight excluding hydrogens is 520 g/mol. The summed E-state index contributed by atoms with van der Waals surface area (Å²) < 4.78 is 0. The quantitative estimate of drug-likeness (QED) is 0.194. The van der Waals surface area contributed by atoms with Crippen molar-refractivity contribution in [3.8, 4) is 22.3 Å². The lowest BCUT2D eigenvalue weighted by atomic mass is 10.0. The first-order chi connectivity index (χ1) is 21.2. The number of fused-ring (bicyclic) bond motifs is 1. The molecule has 0 saturated heterocycles. The second-order valence-electron chi connectivity index (χ2n) is 10.7. The summed E-state index contributed by atoms with van der Waals surface area (Å²) in [7, 11) is 2.10. The molecule has 0 aliphatic carbocycles. The van der Waals surface area contributed by atoms with Gasteiger partial charge in [0, 0.05) is 35.2 Å². The first-order valence-electron chi connectivity index (χ1n) is 14.7. The maximum atomic E-state index is 2.36. The van der Waals surface area contributed by atoms with E-state index in [4.69, 9.17) is 0 Å². The Labute approximate surface area is 253 Å². The molecule has 0 saturated carbocycles. The van der Waals surface area contributed by atoms with Gasteiger partial charge < -0.3 is 9.80 Å². The van der Waals surface area contributed by atoms with Crippen molar-refractivity contribution in [2.24, 2.45) is 0 Å².